The summed E-state index contributed by atoms with van der Waals surface area (Å²) in [4.78, 5) is 23.6. The van der Waals surface area contributed by atoms with E-state index in [2.05, 4.69) is 0 Å². The Kier molecular flexibility index (Phi) is 5.00. The second-order valence-corrected chi connectivity index (χ2v) is 4.16. The molecule has 1 rings (SSSR count). The highest BCUT2D eigenvalue weighted by Crippen LogP contribution is 2.36. The van der Waals surface area contributed by atoms with E-state index in [1.165, 1.54) is 33.4 Å². The van der Waals surface area contributed by atoms with Gasteiger partial charge in [0.05, 0.1) is 19.2 Å². The third-order valence-electron chi connectivity index (χ3n) is 2.40. The van der Waals surface area contributed by atoms with Crippen LogP contribution in [0, 0.1) is 0 Å². The molecule has 0 spiro atoms. The lowest BCUT2D eigenvalue weighted by Crippen LogP contribution is -2.31. The van der Waals surface area contributed by atoms with Gasteiger partial charge in [-0.1, -0.05) is 11.6 Å². The Hall–Kier alpha value is -1.95. The van der Waals surface area contributed by atoms with E-state index in [1.807, 2.05) is 0 Å². The molecule has 0 bridgehead atoms. The largest absolute Gasteiger partial charge is 0.493 e. The van der Waals surface area contributed by atoms with Crippen molar-refractivity contribution >= 4 is 23.5 Å². The molecule has 1 amide bonds. The summed E-state index contributed by atoms with van der Waals surface area (Å²) in [5.74, 6) is -0.934. The highest BCUT2D eigenvalue weighted by atomic mass is 35.5. The Labute approximate surface area is 115 Å². The number of carbonyl (C=O) groups excluding carboxylic acids is 1. The van der Waals surface area contributed by atoms with Gasteiger partial charge < -0.3 is 19.5 Å². The highest BCUT2D eigenvalue weighted by molar-refractivity contribution is 6.32. The van der Waals surface area contributed by atoms with Gasteiger partial charge in [0.1, 0.15) is 6.54 Å². The molecular weight excluding hydrogens is 274 g/mol. The van der Waals surface area contributed by atoms with Gasteiger partial charge in [-0.05, 0) is 12.1 Å². The summed E-state index contributed by atoms with van der Waals surface area (Å²) in [5.41, 5.74) is 0.228. The molecule has 0 unspecified atom stereocenters. The average Bonchev–Trinajstić information content (AvgIpc) is 2.35. The number of benzene rings is 1. The van der Waals surface area contributed by atoms with Crippen molar-refractivity contribution in [2.45, 2.75) is 0 Å². The molecule has 0 radical (unpaired) electrons. The van der Waals surface area contributed by atoms with Crippen LogP contribution in [0.1, 0.15) is 10.4 Å². The number of amides is 1. The van der Waals surface area contributed by atoms with Crippen molar-refractivity contribution in [1.29, 1.82) is 0 Å². The van der Waals surface area contributed by atoms with Crippen LogP contribution in [-0.4, -0.2) is 49.7 Å². The van der Waals surface area contributed by atoms with Crippen LogP contribution in [0.25, 0.3) is 0 Å². The van der Waals surface area contributed by atoms with Gasteiger partial charge in [-0.15, -0.1) is 0 Å². The molecule has 0 aromatic heterocycles. The topological polar surface area (TPSA) is 76.1 Å². The number of carboxylic acids is 1. The number of hydrogen-bond acceptors (Lipinski definition) is 4. The number of methoxy groups -OCH3 is 2. The van der Waals surface area contributed by atoms with Gasteiger partial charge in [-0.25, -0.2) is 0 Å². The fourth-order valence-electron chi connectivity index (χ4n) is 1.54. The third kappa shape index (κ3) is 3.51. The second-order valence-electron chi connectivity index (χ2n) is 3.75. The molecule has 104 valence electrons. The molecule has 0 fully saturated rings. The van der Waals surface area contributed by atoms with Crippen molar-refractivity contribution in [3.05, 3.63) is 22.7 Å². The Morgan fingerprint density at radius 3 is 2.42 bits per heavy atom. The zero-order valence-corrected chi connectivity index (χ0v) is 11.5. The van der Waals surface area contributed by atoms with Crippen LogP contribution in [0.5, 0.6) is 11.5 Å². The smallest absolute Gasteiger partial charge is 0.323 e. The SMILES string of the molecule is COc1cc(C(=O)N(C)CC(=O)O)cc(Cl)c1OC. The molecule has 0 heterocycles. The first-order valence-corrected chi connectivity index (χ1v) is 5.67. The number of carbonyl (C=O) groups is 2. The fourth-order valence-corrected chi connectivity index (χ4v) is 1.82. The van der Waals surface area contributed by atoms with E-state index in [-0.39, 0.29) is 10.6 Å². The van der Waals surface area contributed by atoms with Crippen molar-refractivity contribution in [3.63, 3.8) is 0 Å². The lowest BCUT2D eigenvalue weighted by molar-refractivity contribution is -0.137. The monoisotopic (exact) mass is 287 g/mol. The predicted octanol–water partition coefficient (Wildman–Crippen LogP) is 1.51. The Morgan fingerprint density at radius 1 is 1.32 bits per heavy atom. The molecule has 1 aromatic carbocycles. The normalized spacial score (nSPS) is 9.89. The standard InChI is InChI=1S/C12H14ClNO5/c1-14(6-10(15)16)12(17)7-4-8(13)11(19-3)9(5-7)18-2/h4-5H,6H2,1-3H3,(H,15,16). The van der Waals surface area contributed by atoms with Gasteiger partial charge in [0.25, 0.3) is 5.91 Å². The summed E-state index contributed by atoms with van der Waals surface area (Å²) < 4.78 is 10.1. The van der Waals surface area contributed by atoms with E-state index in [0.29, 0.717) is 11.5 Å². The number of likely N-dealkylation sites (N-methyl/N-ethyl adjacent to an activating group) is 1. The molecule has 0 saturated carbocycles. The molecule has 0 saturated heterocycles. The van der Waals surface area contributed by atoms with Gasteiger partial charge >= 0.3 is 5.97 Å². The van der Waals surface area contributed by atoms with Crippen molar-refractivity contribution in [3.8, 4) is 11.5 Å². The van der Waals surface area contributed by atoms with Gasteiger partial charge in [0, 0.05) is 12.6 Å². The van der Waals surface area contributed by atoms with Crippen LogP contribution < -0.4 is 9.47 Å². The molecule has 1 aromatic rings. The molecular formula is C12H14ClNO5. The zero-order chi connectivity index (χ0) is 14.6. The second kappa shape index (κ2) is 6.29. The van der Waals surface area contributed by atoms with Crippen LogP contribution in [0.2, 0.25) is 5.02 Å². The first-order valence-electron chi connectivity index (χ1n) is 5.29. The third-order valence-corrected chi connectivity index (χ3v) is 2.68. The Bertz CT molecular complexity index is 503. The lowest BCUT2D eigenvalue weighted by Gasteiger charge is -2.16. The highest BCUT2D eigenvalue weighted by Gasteiger charge is 2.19. The molecule has 0 aliphatic rings. The number of halogens is 1. The minimum absolute atomic E-state index is 0.217. The van der Waals surface area contributed by atoms with Crippen LogP contribution in [0.15, 0.2) is 12.1 Å². The van der Waals surface area contributed by atoms with Crippen molar-refractivity contribution in [2.24, 2.45) is 0 Å². The average molecular weight is 288 g/mol. The maximum Gasteiger partial charge on any atom is 0.323 e. The zero-order valence-electron chi connectivity index (χ0n) is 10.8. The van der Waals surface area contributed by atoms with E-state index in [0.717, 1.165) is 4.90 Å². The summed E-state index contributed by atoms with van der Waals surface area (Å²) in [6.45, 7) is -0.398. The van der Waals surface area contributed by atoms with Crippen LogP contribution in [-0.2, 0) is 4.79 Å². The summed E-state index contributed by atoms with van der Waals surface area (Å²) >= 11 is 5.98. The predicted molar refractivity (Wildman–Crippen MR) is 69.2 cm³/mol. The number of ether oxygens (including phenoxy) is 2. The van der Waals surface area contributed by atoms with Gasteiger partial charge in [-0.2, -0.15) is 0 Å². The molecule has 1 N–H and O–H groups in total. The summed E-state index contributed by atoms with van der Waals surface area (Å²) in [6, 6.07) is 2.86. The van der Waals surface area contributed by atoms with E-state index in [1.54, 1.807) is 0 Å². The molecule has 19 heavy (non-hydrogen) atoms. The van der Waals surface area contributed by atoms with Gasteiger partial charge in [0.2, 0.25) is 0 Å². The van der Waals surface area contributed by atoms with E-state index in [4.69, 9.17) is 26.2 Å². The van der Waals surface area contributed by atoms with Crippen LogP contribution in [0.4, 0.5) is 0 Å². The van der Waals surface area contributed by atoms with Crippen molar-refractivity contribution in [1.82, 2.24) is 4.90 Å². The quantitative estimate of drug-likeness (QED) is 0.888. The van der Waals surface area contributed by atoms with Crippen LogP contribution in [0.3, 0.4) is 0 Å². The maximum atomic E-state index is 12.0. The Morgan fingerprint density at radius 2 is 1.95 bits per heavy atom. The fraction of sp³-hybridized carbons (Fsp3) is 0.333. The Balaban J connectivity index is 3.11. The first-order chi connectivity index (χ1) is 8.90. The van der Waals surface area contributed by atoms with E-state index < -0.39 is 18.4 Å². The van der Waals surface area contributed by atoms with Crippen molar-refractivity contribution in [2.75, 3.05) is 27.8 Å². The molecule has 6 nitrogen and oxygen atoms in total. The van der Waals surface area contributed by atoms with Gasteiger partial charge in [0.15, 0.2) is 11.5 Å². The maximum absolute atomic E-state index is 12.0. The van der Waals surface area contributed by atoms with Crippen molar-refractivity contribution < 1.29 is 24.2 Å². The lowest BCUT2D eigenvalue weighted by atomic mass is 10.1. The minimum atomic E-state index is -1.09. The first kappa shape index (κ1) is 15.1. The number of hydrogen-bond donors (Lipinski definition) is 1. The number of nitrogens with zero attached hydrogens (tertiary/aromatic N) is 1. The molecule has 0 aliphatic carbocycles. The van der Waals surface area contributed by atoms with Crippen LogP contribution >= 0.6 is 11.6 Å². The summed E-state index contributed by atoms with van der Waals surface area (Å²) in [6.07, 6.45) is 0. The van der Waals surface area contributed by atoms with E-state index >= 15 is 0 Å². The minimum Gasteiger partial charge on any atom is -0.493 e. The molecule has 0 atom stereocenters. The number of carboxylic acid groups (broad SMARTS) is 1. The summed E-state index contributed by atoms with van der Waals surface area (Å²) in [5, 5.41) is 8.87. The number of rotatable bonds is 5. The molecule has 7 heteroatoms. The molecule has 0 aliphatic heterocycles. The van der Waals surface area contributed by atoms with Gasteiger partial charge in [-0.3, -0.25) is 9.59 Å². The number of aliphatic carboxylic acids is 1. The summed E-state index contributed by atoms with van der Waals surface area (Å²) in [7, 11) is 4.24. The van der Waals surface area contributed by atoms with E-state index in [9.17, 15) is 9.59 Å².